The molecule has 5 nitrogen and oxygen atoms in total. The molecular weight excluding hydrogens is 180 g/mol. The lowest BCUT2D eigenvalue weighted by atomic mass is 10.2. The summed E-state index contributed by atoms with van der Waals surface area (Å²) in [7, 11) is 1.64. The van der Waals surface area contributed by atoms with E-state index < -0.39 is 0 Å². The number of hydrogen-bond acceptors (Lipinski definition) is 4. The van der Waals surface area contributed by atoms with Crippen LogP contribution >= 0.6 is 0 Å². The van der Waals surface area contributed by atoms with Crippen molar-refractivity contribution < 1.29 is 4.74 Å². The lowest BCUT2D eigenvalue weighted by molar-refractivity contribution is 0.414. The average Bonchev–Trinajstić information content (AvgIpc) is 2.72. The molecule has 0 aliphatic rings. The summed E-state index contributed by atoms with van der Waals surface area (Å²) in [6.45, 7) is 0.598. The van der Waals surface area contributed by atoms with Crippen LogP contribution in [0.15, 0.2) is 24.3 Å². The van der Waals surface area contributed by atoms with Crippen LogP contribution in [0.25, 0.3) is 0 Å². The number of rotatable bonds is 3. The Hall–Kier alpha value is -1.91. The van der Waals surface area contributed by atoms with Crippen molar-refractivity contribution in [3.05, 3.63) is 36.2 Å². The topological polar surface area (TPSA) is 52.8 Å². The molecule has 0 N–H and O–H groups in total. The molecule has 0 unspecified atom stereocenters. The third-order valence-corrected chi connectivity index (χ3v) is 1.84. The van der Waals surface area contributed by atoms with Crippen molar-refractivity contribution in [1.82, 2.24) is 20.2 Å². The van der Waals surface area contributed by atoms with Crippen molar-refractivity contribution in [3.63, 3.8) is 0 Å². The van der Waals surface area contributed by atoms with Gasteiger partial charge in [-0.25, -0.2) is 0 Å². The monoisotopic (exact) mass is 189 g/mol. The highest BCUT2D eigenvalue weighted by molar-refractivity contribution is 5.26. The molecule has 0 spiro atoms. The number of methoxy groups -OCH3 is 1. The summed E-state index contributed by atoms with van der Waals surface area (Å²) < 4.78 is 5.05. The van der Waals surface area contributed by atoms with Crippen LogP contribution < -0.4 is 4.74 Å². The molecule has 0 bridgehead atoms. The third-order valence-electron chi connectivity index (χ3n) is 1.84. The highest BCUT2D eigenvalue weighted by Crippen LogP contribution is 2.11. The van der Waals surface area contributed by atoms with E-state index in [9.17, 15) is 0 Å². The molecule has 2 rings (SSSR count). The summed E-state index contributed by atoms with van der Waals surface area (Å²) in [5.41, 5.74) is 1.09. The molecule has 0 saturated heterocycles. The van der Waals surface area contributed by atoms with Crippen molar-refractivity contribution in [2.75, 3.05) is 7.11 Å². The van der Waals surface area contributed by atoms with Gasteiger partial charge in [-0.05, 0) is 22.9 Å². The van der Waals surface area contributed by atoms with Crippen LogP contribution in [0.4, 0.5) is 0 Å². The van der Waals surface area contributed by atoms with Gasteiger partial charge in [-0.1, -0.05) is 12.1 Å². The molecule has 1 aromatic heterocycles. The summed E-state index contributed by atoms with van der Waals surface area (Å²) in [6.07, 6.45) is 2.40. The van der Waals surface area contributed by atoms with Gasteiger partial charge in [-0.15, -0.1) is 10.2 Å². The summed E-state index contributed by atoms with van der Waals surface area (Å²) in [5.74, 6) is 0.840. The molecule has 0 aliphatic heterocycles. The van der Waals surface area contributed by atoms with Crippen molar-refractivity contribution in [3.8, 4) is 5.75 Å². The maximum atomic E-state index is 5.05. The first-order chi connectivity index (χ1) is 6.88. The van der Waals surface area contributed by atoms with Crippen LogP contribution in [0, 0.1) is 6.33 Å². The van der Waals surface area contributed by atoms with E-state index in [0.29, 0.717) is 6.54 Å². The van der Waals surface area contributed by atoms with Gasteiger partial charge in [-0.2, -0.15) is 4.80 Å². The zero-order valence-corrected chi connectivity index (χ0v) is 7.71. The quantitative estimate of drug-likeness (QED) is 0.706. The summed E-state index contributed by atoms with van der Waals surface area (Å²) in [5, 5.41) is 11.0. The van der Waals surface area contributed by atoms with Crippen molar-refractivity contribution >= 4 is 0 Å². The molecule has 0 aliphatic carbocycles. The van der Waals surface area contributed by atoms with Gasteiger partial charge in [0.1, 0.15) is 5.75 Å². The Kier molecular flexibility index (Phi) is 2.40. The number of aromatic nitrogens is 4. The van der Waals surface area contributed by atoms with Gasteiger partial charge in [0.25, 0.3) is 0 Å². The molecular formula is C9H9N4O. The number of nitrogens with zero attached hydrogens (tertiary/aromatic N) is 4. The second-order valence-corrected chi connectivity index (χ2v) is 2.77. The van der Waals surface area contributed by atoms with Crippen molar-refractivity contribution in [1.29, 1.82) is 0 Å². The van der Waals surface area contributed by atoms with E-state index in [1.54, 1.807) is 7.11 Å². The summed E-state index contributed by atoms with van der Waals surface area (Å²) in [4.78, 5) is 1.47. The van der Waals surface area contributed by atoms with E-state index in [1.807, 2.05) is 24.3 Å². The summed E-state index contributed by atoms with van der Waals surface area (Å²) >= 11 is 0. The number of benzene rings is 1. The van der Waals surface area contributed by atoms with Gasteiger partial charge in [0, 0.05) is 0 Å². The van der Waals surface area contributed by atoms with E-state index in [-0.39, 0.29) is 0 Å². The fraction of sp³-hybridized carbons (Fsp3) is 0.222. The SMILES string of the molecule is COc1ccc(Cn2n[c]nn2)cc1. The largest absolute Gasteiger partial charge is 0.497 e. The number of tetrazole rings is 1. The number of hydrogen-bond donors (Lipinski definition) is 0. The van der Waals surface area contributed by atoms with Crippen LogP contribution in [0.3, 0.4) is 0 Å². The Balaban J connectivity index is 2.10. The Morgan fingerprint density at radius 1 is 1.36 bits per heavy atom. The second-order valence-electron chi connectivity index (χ2n) is 2.77. The standard InChI is InChI=1S/C9H9N4O/c1-14-9-4-2-8(3-5-9)6-13-11-7-10-12-13/h2-5H,6H2,1H3. The first-order valence-electron chi connectivity index (χ1n) is 4.15. The molecule has 2 aromatic rings. The maximum Gasteiger partial charge on any atom is 0.245 e. The van der Waals surface area contributed by atoms with Gasteiger partial charge < -0.3 is 4.74 Å². The van der Waals surface area contributed by atoms with E-state index in [2.05, 4.69) is 21.7 Å². The molecule has 0 fully saturated rings. The van der Waals surface area contributed by atoms with Crippen LogP contribution in [-0.4, -0.2) is 27.3 Å². The first kappa shape index (κ1) is 8.68. The van der Waals surface area contributed by atoms with Gasteiger partial charge in [-0.3, -0.25) is 0 Å². The van der Waals surface area contributed by atoms with Crippen molar-refractivity contribution in [2.45, 2.75) is 6.54 Å². The Labute approximate surface area is 81.3 Å². The minimum atomic E-state index is 0.598. The molecule has 71 valence electrons. The van der Waals surface area contributed by atoms with Gasteiger partial charge in [0.05, 0.1) is 13.7 Å². The minimum Gasteiger partial charge on any atom is -0.497 e. The molecule has 5 heteroatoms. The first-order valence-corrected chi connectivity index (χ1v) is 4.15. The lowest BCUT2D eigenvalue weighted by Crippen LogP contribution is -2.03. The predicted octanol–water partition coefficient (Wildman–Crippen LogP) is 0.530. The van der Waals surface area contributed by atoms with Crippen LogP contribution in [0.5, 0.6) is 5.75 Å². The molecule has 14 heavy (non-hydrogen) atoms. The molecule has 0 atom stereocenters. The van der Waals surface area contributed by atoms with E-state index in [0.717, 1.165) is 11.3 Å². The minimum absolute atomic E-state index is 0.598. The maximum absolute atomic E-state index is 5.05. The normalized spacial score (nSPS) is 10.1. The average molecular weight is 189 g/mol. The highest BCUT2D eigenvalue weighted by atomic mass is 16.5. The van der Waals surface area contributed by atoms with Crippen LogP contribution in [0.2, 0.25) is 0 Å². The van der Waals surface area contributed by atoms with Crippen LogP contribution in [-0.2, 0) is 6.54 Å². The summed E-state index contributed by atoms with van der Waals surface area (Å²) in [6, 6.07) is 7.72. The molecule has 1 radical (unpaired) electrons. The van der Waals surface area contributed by atoms with E-state index in [4.69, 9.17) is 4.74 Å². The van der Waals surface area contributed by atoms with Crippen LogP contribution in [0.1, 0.15) is 5.56 Å². The lowest BCUT2D eigenvalue weighted by Gasteiger charge is -2.01. The molecule has 0 amide bonds. The van der Waals surface area contributed by atoms with E-state index >= 15 is 0 Å². The van der Waals surface area contributed by atoms with E-state index in [1.165, 1.54) is 4.80 Å². The van der Waals surface area contributed by atoms with Crippen molar-refractivity contribution in [2.24, 2.45) is 0 Å². The fourth-order valence-corrected chi connectivity index (χ4v) is 1.12. The molecule has 0 saturated carbocycles. The molecule has 1 heterocycles. The zero-order valence-electron chi connectivity index (χ0n) is 7.71. The third kappa shape index (κ3) is 1.87. The Bertz CT molecular complexity index is 382. The number of ether oxygens (including phenoxy) is 1. The second kappa shape index (κ2) is 3.87. The fourth-order valence-electron chi connectivity index (χ4n) is 1.12. The Morgan fingerprint density at radius 2 is 2.14 bits per heavy atom. The van der Waals surface area contributed by atoms with Gasteiger partial charge in [0.2, 0.25) is 6.33 Å². The zero-order chi connectivity index (χ0) is 9.80. The predicted molar refractivity (Wildman–Crippen MR) is 48.7 cm³/mol. The van der Waals surface area contributed by atoms with Gasteiger partial charge in [0.15, 0.2) is 0 Å². The van der Waals surface area contributed by atoms with Gasteiger partial charge >= 0.3 is 0 Å². The Morgan fingerprint density at radius 3 is 2.71 bits per heavy atom. The highest BCUT2D eigenvalue weighted by Gasteiger charge is 1.97. The smallest absolute Gasteiger partial charge is 0.245 e. The molecule has 1 aromatic carbocycles.